The quantitative estimate of drug-likeness (QED) is 0.209. The largest absolute Gasteiger partial charge is 0.457 e. The molecule has 0 radical (unpaired) electrons. The van der Waals surface area contributed by atoms with Crippen molar-refractivity contribution in [3.63, 3.8) is 0 Å². The molecule has 6 heteroatoms. The second kappa shape index (κ2) is 10.7. The normalized spacial score (nSPS) is 12.7. The minimum absolute atomic E-state index is 0.642. The summed E-state index contributed by atoms with van der Waals surface area (Å²) in [6, 6.07) is 36.9. The maximum Gasteiger partial charge on any atom is 0.162 e. The van der Waals surface area contributed by atoms with E-state index in [0.29, 0.717) is 4.99 Å². The number of ether oxygens (including phenoxy) is 1. The molecule has 41 heavy (non-hydrogen) atoms. The molecule has 5 nitrogen and oxygen atoms in total. The van der Waals surface area contributed by atoms with Crippen LogP contribution in [0.4, 0.5) is 5.69 Å². The van der Waals surface area contributed by atoms with Gasteiger partial charge in [-0.25, -0.2) is 4.52 Å². The van der Waals surface area contributed by atoms with Crippen molar-refractivity contribution in [1.82, 2.24) is 14.2 Å². The molecule has 0 bridgehead atoms. The fourth-order valence-corrected chi connectivity index (χ4v) is 6.01. The number of aryl methyl sites for hydroxylation is 3. The third-order valence-corrected chi connectivity index (χ3v) is 7.96. The van der Waals surface area contributed by atoms with Gasteiger partial charge in [-0.3, -0.25) is 0 Å². The summed E-state index contributed by atoms with van der Waals surface area (Å²) in [5.74, 6) is 2.56. The number of aromatic nitrogens is 3. The molecular weight excluding hydrogens is 524 g/mol. The van der Waals surface area contributed by atoms with Crippen LogP contribution >= 0.6 is 12.2 Å². The summed E-state index contributed by atoms with van der Waals surface area (Å²) in [5.41, 5.74) is 8.96. The zero-order chi connectivity index (χ0) is 27.8. The first-order valence-electron chi connectivity index (χ1n) is 14.1. The van der Waals surface area contributed by atoms with Crippen LogP contribution in [0.15, 0.2) is 109 Å². The zero-order valence-electron chi connectivity index (χ0n) is 22.9. The summed E-state index contributed by atoms with van der Waals surface area (Å²) in [5, 5.41) is 8.73. The lowest BCUT2D eigenvalue weighted by molar-refractivity contribution is 0.483. The number of para-hydroxylation sites is 1. The Morgan fingerprint density at radius 1 is 0.780 bits per heavy atom. The molecule has 0 aliphatic carbocycles. The van der Waals surface area contributed by atoms with E-state index in [9.17, 15) is 0 Å². The molecule has 0 atom stereocenters. The van der Waals surface area contributed by atoms with Crippen molar-refractivity contribution in [3.8, 4) is 34.0 Å². The van der Waals surface area contributed by atoms with Crippen molar-refractivity contribution in [2.75, 3.05) is 5.32 Å². The highest BCUT2D eigenvalue weighted by Gasteiger charge is 2.29. The molecule has 0 amide bonds. The molecule has 0 unspecified atom stereocenters. The van der Waals surface area contributed by atoms with E-state index in [0.717, 1.165) is 71.3 Å². The van der Waals surface area contributed by atoms with E-state index in [-0.39, 0.29) is 0 Å². The van der Waals surface area contributed by atoms with Gasteiger partial charge in [-0.2, -0.15) is 0 Å². The zero-order valence-corrected chi connectivity index (χ0v) is 23.7. The maximum atomic E-state index is 6.15. The molecule has 3 heterocycles. The van der Waals surface area contributed by atoms with Gasteiger partial charge >= 0.3 is 0 Å². The first kappa shape index (κ1) is 25.3. The van der Waals surface area contributed by atoms with Crippen LogP contribution in [-0.4, -0.2) is 19.2 Å². The molecule has 1 aliphatic rings. The number of thiocarbonyl (C=S) groups is 1. The minimum Gasteiger partial charge on any atom is -0.457 e. The Balaban J connectivity index is 1.32. The van der Waals surface area contributed by atoms with Crippen molar-refractivity contribution in [2.45, 2.75) is 32.7 Å². The third kappa shape index (κ3) is 4.81. The summed E-state index contributed by atoms with van der Waals surface area (Å²) in [6.45, 7) is 3.05. The van der Waals surface area contributed by atoms with Crippen LogP contribution in [0, 0.1) is 6.92 Å². The van der Waals surface area contributed by atoms with E-state index < -0.39 is 0 Å². The first-order chi connectivity index (χ1) is 20.2. The SMILES string of the molecule is Cc1ccc(-c2c3c4n(c(-c5ccccc5)nn4c2C(=S)Nc2ccc(Oc4ccccc4)cc2)CCCC3)cc1. The van der Waals surface area contributed by atoms with Gasteiger partial charge in [-0.05, 0) is 68.1 Å². The number of benzene rings is 4. The van der Waals surface area contributed by atoms with Gasteiger partial charge in [0, 0.05) is 28.9 Å². The average Bonchev–Trinajstić information content (AvgIpc) is 3.43. The van der Waals surface area contributed by atoms with Gasteiger partial charge in [0.1, 0.15) is 27.8 Å². The van der Waals surface area contributed by atoms with E-state index in [2.05, 4.69) is 69.9 Å². The fourth-order valence-electron chi connectivity index (χ4n) is 5.70. The van der Waals surface area contributed by atoms with Gasteiger partial charge < -0.3 is 14.6 Å². The third-order valence-electron chi connectivity index (χ3n) is 7.66. The van der Waals surface area contributed by atoms with Crippen LogP contribution in [-0.2, 0) is 13.0 Å². The molecule has 0 spiro atoms. The lowest BCUT2D eigenvalue weighted by Gasteiger charge is -2.13. The number of hydrogen-bond acceptors (Lipinski definition) is 3. The first-order valence-corrected chi connectivity index (χ1v) is 14.5. The van der Waals surface area contributed by atoms with Crippen LogP contribution in [0.25, 0.3) is 28.2 Å². The molecule has 1 N–H and O–H groups in total. The predicted octanol–water partition coefficient (Wildman–Crippen LogP) is 8.69. The number of rotatable bonds is 6. The second-order valence-electron chi connectivity index (χ2n) is 10.5. The summed E-state index contributed by atoms with van der Waals surface area (Å²) < 4.78 is 10.5. The van der Waals surface area contributed by atoms with E-state index >= 15 is 0 Å². The van der Waals surface area contributed by atoms with Gasteiger partial charge in [-0.15, -0.1) is 5.10 Å². The standard InChI is InChI=1S/C35H30N4OS/c1-24-15-17-25(18-16-24)31-30-14-8-9-23-38-33(26-10-4-2-5-11-26)37-39(35(30)38)32(31)34(41)36-27-19-21-29(22-20-27)40-28-12-6-3-7-13-28/h2-7,10-13,15-22H,8-9,14,23H2,1H3,(H,36,41). The van der Waals surface area contributed by atoms with Gasteiger partial charge in [0.15, 0.2) is 5.82 Å². The second-order valence-corrected chi connectivity index (χ2v) is 10.9. The average molecular weight is 555 g/mol. The Bertz CT molecular complexity index is 1840. The van der Waals surface area contributed by atoms with Crippen molar-refractivity contribution < 1.29 is 4.74 Å². The Kier molecular flexibility index (Phi) is 6.61. The van der Waals surface area contributed by atoms with Crippen molar-refractivity contribution >= 4 is 28.5 Å². The predicted molar refractivity (Wildman–Crippen MR) is 170 cm³/mol. The minimum atomic E-state index is 0.642. The lowest BCUT2D eigenvalue weighted by Crippen LogP contribution is -2.15. The van der Waals surface area contributed by atoms with Crippen LogP contribution in [0.2, 0.25) is 0 Å². The van der Waals surface area contributed by atoms with E-state index in [4.69, 9.17) is 22.1 Å². The van der Waals surface area contributed by atoms with Crippen LogP contribution in [0.3, 0.4) is 0 Å². The summed E-state index contributed by atoms with van der Waals surface area (Å²) in [7, 11) is 0. The van der Waals surface area contributed by atoms with E-state index in [1.54, 1.807) is 0 Å². The van der Waals surface area contributed by atoms with Crippen molar-refractivity contribution in [3.05, 3.63) is 126 Å². The van der Waals surface area contributed by atoms with Gasteiger partial charge in [-0.1, -0.05) is 90.6 Å². The number of nitrogens with one attached hydrogen (secondary N) is 1. The molecule has 1 aliphatic heterocycles. The van der Waals surface area contributed by atoms with Crippen LogP contribution in [0.1, 0.15) is 29.7 Å². The molecular formula is C35H30N4OS. The van der Waals surface area contributed by atoms with Crippen LogP contribution in [0.5, 0.6) is 11.5 Å². The molecule has 2 aromatic heterocycles. The summed E-state index contributed by atoms with van der Waals surface area (Å²) >= 11 is 6.15. The molecule has 0 saturated heterocycles. The molecule has 202 valence electrons. The summed E-state index contributed by atoms with van der Waals surface area (Å²) in [6.07, 6.45) is 3.22. The van der Waals surface area contributed by atoms with Crippen molar-refractivity contribution in [2.24, 2.45) is 0 Å². The highest BCUT2D eigenvalue weighted by atomic mass is 32.1. The molecule has 4 aromatic carbocycles. The van der Waals surface area contributed by atoms with E-state index in [1.165, 1.54) is 16.7 Å². The number of hydrogen-bond donors (Lipinski definition) is 1. The number of anilines is 1. The topological polar surface area (TPSA) is 43.5 Å². The van der Waals surface area contributed by atoms with Gasteiger partial charge in [0.2, 0.25) is 0 Å². The maximum absolute atomic E-state index is 6.15. The van der Waals surface area contributed by atoms with Crippen LogP contribution < -0.4 is 10.1 Å². The number of nitrogens with zero attached hydrogens (tertiary/aromatic N) is 3. The highest BCUT2D eigenvalue weighted by Crippen LogP contribution is 2.39. The Labute approximate surface area is 245 Å². The Morgan fingerprint density at radius 2 is 1.46 bits per heavy atom. The Hall–Kier alpha value is -4.68. The monoisotopic (exact) mass is 554 g/mol. The van der Waals surface area contributed by atoms with Gasteiger partial charge in [0.25, 0.3) is 0 Å². The molecule has 0 saturated carbocycles. The smallest absolute Gasteiger partial charge is 0.162 e. The summed E-state index contributed by atoms with van der Waals surface area (Å²) in [4.78, 5) is 0.642. The lowest BCUT2D eigenvalue weighted by atomic mass is 9.97. The van der Waals surface area contributed by atoms with E-state index in [1.807, 2.05) is 60.7 Å². The van der Waals surface area contributed by atoms with Gasteiger partial charge in [0.05, 0.1) is 0 Å². The molecule has 6 aromatic rings. The fraction of sp³-hybridized carbons (Fsp3) is 0.143. The van der Waals surface area contributed by atoms with Crippen molar-refractivity contribution in [1.29, 1.82) is 0 Å². The molecule has 0 fully saturated rings. The molecule has 7 rings (SSSR count). The highest BCUT2D eigenvalue weighted by molar-refractivity contribution is 7.81. The Morgan fingerprint density at radius 3 is 2.20 bits per heavy atom.